The molecule has 1 saturated heterocycles. The molecule has 1 unspecified atom stereocenters. The van der Waals surface area contributed by atoms with Crippen LogP contribution in [0.1, 0.15) is 49.6 Å². The minimum Gasteiger partial charge on any atom is -0.489 e. The summed E-state index contributed by atoms with van der Waals surface area (Å²) in [5, 5.41) is 10.7. The maximum Gasteiger partial charge on any atom is 0.307 e. The van der Waals surface area contributed by atoms with E-state index < -0.39 is 22.8 Å². The van der Waals surface area contributed by atoms with Crippen molar-refractivity contribution in [2.24, 2.45) is 0 Å². The van der Waals surface area contributed by atoms with Crippen LogP contribution in [-0.4, -0.2) is 44.5 Å². The van der Waals surface area contributed by atoms with E-state index in [-0.39, 0.29) is 30.6 Å². The van der Waals surface area contributed by atoms with Crippen LogP contribution in [0, 0.1) is 0 Å². The number of rotatable bonds is 11. The molecule has 1 aromatic carbocycles. The smallest absolute Gasteiger partial charge is 0.307 e. The minimum atomic E-state index is -1.08. The van der Waals surface area contributed by atoms with Crippen molar-refractivity contribution in [1.29, 1.82) is 0 Å². The highest BCUT2D eigenvalue weighted by Crippen LogP contribution is 2.35. The highest BCUT2D eigenvalue weighted by atomic mass is 32.2. The lowest BCUT2D eigenvalue weighted by atomic mass is 9.99. The highest BCUT2D eigenvalue weighted by Gasteiger charge is 2.43. The first-order valence-corrected chi connectivity index (χ1v) is 11.6. The second-order valence-electron chi connectivity index (χ2n) is 8.02. The monoisotopic (exact) mass is 486 g/mol. The van der Waals surface area contributed by atoms with E-state index >= 15 is 0 Å². The molecular weight excluding hydrogens is 460 g/mol. The number of carboxylic acids is 1. The summed E-state index contributed by atoms with van der Waals surface area (Å²) < 4.78 is 10.4. The number of aromatic nitrogens is 1. The maximum absolute atomic E-state index is 12.1. The Labute approximate surface area is 201 Å². The number of benzene rings is 1. The van der Waals surface area contributed by atoms with Gasteiger partial charge in [0.1, 0.15) is 17.1 Å². The van der Waals surface area contributed by atoms with Crippen molar-refractivity contribution in [2.45, 2.75) is 50.4 Å². The largest absolute Gasteiger partial charge is 0.489 e. The summed E-state index contributed by atoms with van der Waals surface area (Å²) in [5.41, 5.74) is 2.39. The summed E-state index contributed by atoms with van der Waals surface area (Å²) in [7, 11) is 0. The van der Waals surface area contributed by atoms with Crippen LogP contribution < -0.4 is 10.1 Å². The number of ether oxygens (including phenoxy) is 2. The molecule has 34 heavy (non-hydrogen) atoms. The summed E-state index contributed by atoms with van der Waals surface area (Å²) in [6.07, 6.45) is 1.51. The number of thioether (sulfide) groups is 1. The quantitative estimate of drug-likeness (QED) is 0.458. The van der Waals surface area contributed by atoms with Gasteiger partial charge in [-0.3, -0.25) is 29.5 Å². The van der Waals surface area contributed by atoms with E-state index in [1.165, 1.54) is 0 Å². The number of imide groups is 1. The summed E-state index contributed by atoms with van der Waals surface area (Å²) >= 11 is 0.978. The number of carbonyl (C=O) groups is 4. The van der Waals surface area contributed by atoms with Gasteiger partial charge in [0.05, 0.1) is 18.5 Å². The maximum atomic E-state index is 12.1. The molecule has 0 radical (unpaired) electrons. The number of nitrogens with zero attached hydrogens (tertiary/aromatic N) is 1. The van der Waals surface area contributed by atoms with Crippen LogP contribution in [0.15, 0.2) is 42.6 Å². The molecule has 1 aromatic heterocycles. The number of hydrogen-bond donors (Lipinski definition) is 2. The van der Waals surface area contributed by atoms with Crippen molar-refractivity contribution < 1.29 is 33.8 Å². The van der Waals surface area contributed by atoms with Gasteiger partial charge >= 0.3 is 11.9 Å². The molecule has 1 aliphatic rings. The van der Waals surface area contributed by atoms with Crippen LogP contribution in [-0.2, 0) is 32.0 Å². The van der Waals surface area contributed by atoms with Crippen LogP contribution in [0.2, 0.25) is 0 Å². The zero-order valence-electron chi connectivity index (χ0n) is 18.9. The van der Waals surface area contributed by atoms with E-state index in [2.05, 4.69) is 10.3 Å². The Morgan fingerprint density at radius 3 is 2.38 bits per heavy atom. The van der Waals surface area contributed by atoms with E-state index in [0.717, 1.165) is 29.3 Å². The van der Waals surface area contributed by atoms with Gasteiger partial charge in [0, 0.05) is 6.20 Å². The number of hydrogen-bond acceptors (Lipinski definition) is 8. The fourth-order valence-corrected chi connectivity index (χ4v) is 4.26. The van der Waals surface area contributed by atoms with Crippen LogP contribution >= 0.6 is 11.8 Å². The van der Waals surface area contributed by atoms with E-state index in [1.807, 2.05) is 13.0 Å². The molecule has 2 N–H and O–H groups in total. The summed E-state index contributed by atoms with van der Waals surface area (Å²) in [6, 6.07) is 10.7. The van der Waals surface area contributed by atoms with Crippen molar-refractivity contribution in [3.05, 3.63) is 59.4 Å². The van der Waals surface area contributed by atoms with Crippen molar-refractivity contribution in [2.75, 3.05) is 6.61 Å². The van der Waals surface area contributed by atoms with Gasteiger partial charge in [-0.25, -0.2) is 0 Å². The average Bonchev–Trinajstić information content (AvgIpc) is 3.06. The first-order chi connectivity index (χ1) is 16.2. The first kappa shape index (κ1) is 25.2. The Balaban J connectivity index is 1.65. The normalized spacial score (nSPS) is 18.3. The highest BCUT2D eigenvalue weighted by molar-refractivity contribution is 8.16. The lowest BCUT2D eigenvalue weighted by Crippen LogP contribution is -2.35. The number of amides is 2. The number of nitrogens with one attached hydrogen (secondary N) is 1. The van der Waals surface area contributed by atoms with Crippen LogP contribution in [0.25, 0.3) is 0 Å². The zero-order chi connectivity index (χ0) is 24.7. The van der Waals surface area contributed by atoms with Gasteiger partial charge in [0.25, 0.3) is 5.24 Å². The van der Waals surface area contributed by atoms with Crippen LogP contribution in [0.5, 0.6) is 5.75 Å². The summed E-state index contributed by atoms with van der Waals surface area (Å²) in [4.78, 5) is 50.8. The molecular formula is C24H26N2O7S. The standard InChI is InChI=1S/C24H26N2O7S/c1-3-15-6-9-18(25-13-15)19(33-21(29)11-10-20(27)28)14-32-17-7-4-16(5-8-17)12-24(2)22(30)26-23(31)34-24/h4-9,13,19H,3,10-12,14H2,1-2H3,(H,27,28)(H,26,30,31)/t19-,24?/m0/s1. The Kier molecular flexibility index (Phi) is 8.27. The SMILES string of the molecule is CCc1ccc([C@H](COc2ccc(CC3(C)SC(=O)NC3=O)cc2)OC(=O)CCC(=O)O)nc1. The van der Waals surface area contributed by atoms with Crippen molar-refractivity contribution in [3.63, 3.8) is 0 Å². The predicted molar refractivity (Wildman–Crippen MR) is 124 cm³/mol. The van der Waals surface area contributed by atoms with E-state index in [1.54, 1.807) is 43.5 Å². The average molecular weight is 487 g/mol. The molecule has 10 heteroatoms. The number of pyridine rings is 1. The van der Waals surface area contributed by atoms with Crippen LogP contribution in [0.3, 0.4) is 0 Å². The molecule has 0 aliphatic carbocycles. The van der Waals surface area contributed by atoms with Gasteiger partial charge in [-0.05, 0) is 60.9 Å². The van der Waals surface area contributed by atoms with Gasteiger partial charge in [0.15, 0.2) is 6.10 Å². The zero-order valence-corrected chi connectivity index (χ0v) is 19.7. The second kappa shape index (κ2) is 11.1. The van der Waals surface area contributed by atoms with E-state index in [0.29, 0.717) is 17.9 Å². The lowest BCUT2D eigenvalue weighted by molar-refractivity contribution is -0.153. The van der Waals surface area contributed by atoms with Crippen LogP contribution in [0.4, 0.5) is 4.79 Å². The van der Waals surface area contributed by atoms with Gasteiger partial charge < -0.3 is 14.6 Å². The number of aliphatic carboxylic acids is 1. The molecule has 180 valence electrons. The predicted octanol–water partition coefficient (Wildman–Crippen LogP) is 3.46. The Bertz CT molecular complexity index is 1060. The van der Waals surface area contributed by atoms with Gasteiger partial charge in [-0.2, -0.15) is 0 Å². The number of aryl methyl sites for hydroxylation is 1. The number of carbonyl (C=O) groups excluding carboxylic acids is 3. The fourth-order valence-electron chi connectivity index (χ4n) is 3.32. The van der Waals surface area contributed by atoms with Gasteiger partial charge in [0.2, 0.25) is 5.91 Å². The second-order valence-corrected chi connectivity index (χ2v) is 9.50. The molecule has 1 fully saturated rings. The Morgan fingerprint density at radius 1 is 1.12 bits per heavy atom. The third-order valence-corrected chi connectivity index (χ3v) is 6.35. The molecule has 1 aliphatic heterocycles. The van der Waals surface area contributed by atoms with Crippen molar-refractivity contribution in [1.82, 2.24) is 10.3 Å². The third-order valence-electron chi connectivity index (χ3n) is 5.28. The fraction of sp³-hybridized carbons (Fsp3) is 0.375. The topological polar surface area (TPSA) is 132 Å². The molecule has 2 atom stereocenters. The van der Waals surface area contributed by atoms with Gasteiger partial charge in [-0.15, -0.1) is 0 Å². The molecule has 0 spiro atoms. The Hall–Kier alpha value is -3.40. The Morgan fingerprint density at radius 2 is 1.82 bits per heavy atom. The molecule has 9 nitrogen and oxygen atoms in total. The molecule has 0 bridgehead atoms. The number of esters is 1. The first-order valence-electron chi connectivity index (χ1n) is 10.8. The number of carboxylic acid groups (broad SMARTS) is 1. The molecule has 3 rings (SSSR count). The summed E-state index contributed by atoms with van der Waals surface area (Å²) in [5.74, 6) is -1.52. The molecule has 2 amide bonds. The summed E-state index contributed by atoms with van der Waals surface area (Å²) in [6.45, 7) is 3.71. The van der Waals surface area contributed by atoms with Crippen molar-refractivity contribution in [3.8, 4) is 5.75 Å². The molecule has 2 heterocycles. The molecule has 0 saturated carbocycles. The van der Waals surface area contributed by atoms with Crippen molar-refractivity contribution >= 4 is 34.8 Å². The van der Waals surface area contributed by atoms with Gasteiger partial charge in [-0.1, -0.05) is 25.1 Å². The molecule has 2 aromatic rings. The minimum absolute atomic E-state index is 0.0128. The lowest BCUT2D eigenvalue weighted by Gasteiger charge is -2.20. The third kappa shape index (κ3) is 6.80. The van der Waals surface area contributed by atoms with E-state index in [4.69, 9.17) is 14.6 Å². The van der Waals surface area contributed by atoms with E-state index in [9.17, 15) is 19.2 Å².